The summed E-state index contributed by atoms with van der Waals surface area (Å²) in [5, 5.41) is 46.4. The average Bonchev–Trinajstić information content (AvgIpc) is 3.33. The van der Waals surface area contributed by atoms with E-state index in [-0.39, 0.29) is 58.0 Å². The molecule has 1 unspecified atom stereocenters. The molecule has 11 atom stereocenters. The van der Waals surface area contributed by atoms with Crippen LogP contribution in [0, 0.1) is 53.3 Å². The molecule has 45 heavy (non-hydrogen) atoms. The van der Waals surface area contributed by atoms with Crippen LogP contribution in [0.5, 0.6) is 0 Å². The second kappa shape index (κ2) is 11.8. The fraction of sp³-hybridized carbons (Fsp3) is 0.694. The summed E-state index contributed by atoms with van der Waals surface area (Å²) in [5.74, 6) is 0.142. The Bertz CT molecular complexity index is 1530. The van der Waals surface area contributed by atoms with Crippen molar-refractivity contribution in [2.75, 3.05) is 5.32 Å². The lowest BCUT2D eigenvalue weighted by molar-refractivity contribution is -0.207. The SMILES string of the molecule is Cc1c(CC(=O)O)c(=O)oc2cc(NC(=O)CC[C@@H](C)[C@H]3CC[C@H]4C5[C@H](O)C[C@@H]6C[C@H](O)CC[C@]6(C)[C@H]5C[C@H](O)[C@]34C)ccc12. The monoisotopic (exact) mass is 623 g/mol. The Kier molecular flexibility index (Phi) is 8.45. The van der Waals surface area contributed by atoms with Gasteiger partial charge in [-0.15, -0.1) is 0 Å². The fourth-order valence-electron chi connectivity index (χ4n) is 10.7. The predicted octanol–water partition coefficient (Wildman–Crippen LogP) is 5.04. The lowest BCUT2D eigenvalue weighted by Gasteiger charge is -2.63. The molecule has 1 aromatic carbocycles. The van der Waals surface area contributed by atoms with Crippen LogP contribution in [0.4, 0.5) is 5.69 Å². The summed E-state index contributed by atoms with van der Waals surface area (Å²) in [6.45, 7) is 8.45. The second-order valence-electron chi connectivity index (χ2n) is 15.4. The van der Waals surface area contributed by atoms with Gasteiger partial charge in [0.15, 0.2) is 0 Å². The van der Waals surface area contributed by atoms with E-state index in [4.69, 9.17) is 9.52 Å². The molecule has 1 heterocycles. The van der Waals surface area contributed by atoms with Gasteiger partial charge in [0.2, 0.25) is 5.91 Å². The first-order valence-corrected chi connectivity index (χ1v) is 16.9. The van der Waals surface area contributed by atoms with E-state index in [0.717, 1.165) is 38.5 Å². The zero-order valence-corrected chi connectivity index (χ0v) is 26.9. The number of carboxylic acid groups (broad SMARTS) is 1. The molecular weight excluding hydrogens is 574 g/mol. The lowest BCUT2D eigenvalue weighted by atomic mass is 9.43. The number of benzene rings is 1. The smallest absolute Gasteiger partial charge is 0.340 e. The molecule has 4 saturated carbocycles. The van der Waals surface area contributed by atoms with E-state index in [9.17, 15) is 29.7 Å². The van der Waals surface area contributed by atoms with Crippen LogP contribution in [0.1, 0.15) is 89.7 Å². The Morgan fingerprint density at radius 3 is 2.56 bits per heavy atom. The number of anilines is 1. The first-order chi connectivity index (χ1) is 21.2. The van der Waals surface area contributed by atoms with Crippen molar-refractivity contribution >= 4 is 28.5 Å². The van der Waals surface area contributed by atoms with Crippen molar-refractivity contribution in [2.45, 2.75) is 110 Å². The molecule has 4 fully saturated rings. The summed E-state index contributed by atoms with van der Waals surface area (Å²) in [4.78, 5) is 36.6. The van der Waals surface area contributed by atoms with Gasteiger partial charge in [0.05, 0.1) is 30.3 Å². The first kappa shape index (κ1) is 32.2. The largest absolute Gasteiger partial charge is 0.481 e. The van der Waals surface area contributed by atoms with Gasteiger partial charge in [0, 0.05) is 23.6 Å². The lowest BCUT2D eigenvalue weighted by Crippen LogP contribution is -2.62. The number of hydrogen-bond donors (Lipinski definition) is 5. The summed E-state index contributed by atoms with van der Waals surface area (Å²) >= 11 is 0. The van der Waals surface area contributed by atoms with Gasteiger partial charge in [-0.25, -0.2) is 4.79 Å². The number of rotatable bonds is 7. The number of carbonyl (C=O) groups is 2. The Morgan fingerprint density at radius 1 is 1.07 bits per heavy atom. The van der Waals surface area contributed by atoms with Crippen molar-refractivity contribution in [3.63, 3.8) is 0 Å². The van der Waals surface area contributed by atoms with Crippen LogP contribution < -0.4 is 10.9 Å². The van der Waals surface area contributed by atoms with Crippen LogP contribution in [0.25, 0.3) is 11.0 Å². The van der Waals surface area contributed by atoms with Crippen LogP contribution in [-0.4, -0.2) is 50.6 Å². The third-order valence-corrected chi connectivity index (χ3v) is 13.2. The first-order valence-electron chi connectivity index (χ1n) is 16.9. The van der Waals surface area contributed by atoms with E-state index < -0.39 is 30.2 Å². The van der Waals surface area contributed by atoms with Crippen molar-refractivity contribution in [1.29, 1.82) is 0 Å². The number of hydrogen-bond acceptors (Lipinski definition) is 7. The summed E-state index contributed by atoms with van der Waals surface area (Å²) in [5.41, 5.74) is 0.507. The molecule has 0 bridgehead atoms. The van der Waals surface area contributed by atoms with Gasteiger partial charge in [-0.1, -0.05) is 20.8 Å². The van der Waals surface area contributed by atoms with E-state index in [1.54, 1.807) is 25.1 Å². The summed E-state index contributed by atoms with van der Waals surface area (Å²) in [6, 6.07) is 5.05. The quantitative estimate of drug-likeness (QED) is 0.268. The van der Waals surface area contributed by atoms with Gasteiger partial charge >= 0.3 is 11.6 Å². The van der Waals surface area contributed by atoms with Crippen LogP contribution in [-0.2, 0) is 16.0 Å². The fourth-order valence-corrected chi connectivity index (χ4v) is 10.7. The van der Waals surface area contributed by atoms with Gasteiger partial charge in [0.25, 0.3) is 0 Å². The minimum absolute atomic E-state index is 0.0397. The Balaban J connectivity index is 1.12. The van der Waals surface area contributed by atoms with Crippen molar-refractivity contribution in [2.24, 2.45) is 46.3 Å². The normalized spacial score (nSPS) is 38.2. The number of carbonyl (C=O) groups excluding carboxylic acids is 1. The standard InChI is InChI=1S/C36H49NO8/c1-18(5-10-31(41)37-21-6-7-23-19(2)24(16-32(42)43)34(44)45-29(23)15-21)25-8-9-26-33-27(17-30(40)36(25,26)4)35(3)12-11-22(38)13-20(35)14-28(33)39/h6-7,15,18,20,22,25-28,30,33,38-40H,5,8-14,16-17H2,1-4H3,(H,37,41)(H,42,43)/t18-,20+,22-,25-,26+,27+,28-,30+,33?,35+,36-/m1/s1. The highest BCUT2D eigenvalue weighted by Crippen LogP contribution is 2.68. The molecule has 4 aliphatic rings. The topological polar surface area (TPSA) is 157 Å². The number of aryl methyl sites for hydroxylation is 1. The average molecular weight is 624 g/mol. The number of carboxylic acids is 1. The zero-order valence-electron chi connectivity index (χ0n) is 26.9. The van der Waals surface area contributed by atoms with Crippen LogP contribution in [0.3, 0.4) is 0 Å². The van der Waals surface area contributed by atoms with Crippen LogP contribution in [0.15, 0.2) is 27.4 Å². The van der Waals surface area contributed by atoms with Crippen LogP contribution >= 0.6 is 0 Å². The van der Waals surface area contributed by atoms with Crippen molar-refractivity contribution < 1.29 is 34.4 Å². The third-order valence-electron chi connectivity index (χ3n) is 13.2. The molecule has 246 valence electrons. The molecule has 2 aromatic rings. The molecule has 1 amide bonds. The van der Waals surface area contributed by atoms with E-state index in [1.165, 1.54) is 0 Å². The van der Waals surface area contributed by atoms with Gasteiger partial charge in [-0.2, -0.15) is 0 Å². The highest BCUT2D eigenvalue weighted by molar-refractivity contribution is 5.94. The van der Waals surface area contributed by atoms with E-state index in [2.05, 4.69) is 26.1 Å². The van der Waals surface area contributed by atoms with Gasteiger partial charge < -0.3 is 30.2 Å². The van der Waals surface area contributed by atoms with Gasteiger partial charge in [-0.3, -0.25) is 9.59 Å². The molecule has 9 nitrogen and oxygen atoms in total. The minimum Gasteiger partial charge on any atom is -0.481 e. The molecule has 9 heteroatoms. The molecular formula is C36H49NO8. The molecule has 0 spiro atoms. The number of nitrogens with one attached hydrogen (secondary N) is 1. The van der Waals surface area contributed by atoms with Crippen molar-refractivity contribution in [3.05, 3.63) is 39.7 Å². The van der Waals surface area contributed by atoms with Gasteiger partial charge in [0.1, 0.15) is 5.58 Å². The molecule has 0 saturated heterocycles. The maximum atomic E-state index is 13.1. The summed E-state index contributed by atoms with van der Waals surface area (Å²) in [6.07, 6.45) is 5.28. The van der Waals surface area contributed by atoms with E-state index >= 15 is 0 Å². The maximum absolute atomic E-state index is 13.1. The van der Waals surface area contributed by atoms with Crippen LogP contribution in [0.2, 0.25) is 0 Å². The maximum Gasteiger partial charge on any atom is 0.340 e. The molecule has 5 N–H and O–H groups in total. The molecule has 0 aliphatic heterocycles. The Labute approximate surface area is 264 Å². The summed E-state index contributed by atoms with van der Waals surface area (Å²) < 4.78 is 5.40. The second-order valence-corrected chi connectivity index (χ2v) is 15.4. The van der Waals surface area contributed by atoms with E-state index in [1.807, 2.05) is 0 Å². The number of aliphatic hydroxyl groups excluding tert-OH is 3. The number of aliphatic carboxylic acids is 1. The van der Waals surface area contributed by atoms with E-state index in [0.29, 0.717) is 47.4 Å². The number of amides is 1. The number of aliphatic hydroxyl groups is 3. The summed E-state index contributed by atoms with van der Waals surface area (Å²) in [7, 11) is 0. The highest BCUT2D eigenvalue weighted by Gasteiger charge is 2.65. The predicted molar refractivity (Wildman–Crippen MR) is 170 cm³/mol. The molecule has 1 aromatic heterocycles. The molecule has 0 radical (unpaired) electrons. The van der Waals surface area contributed by atoms with Crippen molar-refractivity contribution in [3.8, 4) is 0 Å². The van der Waals surface area contributed by atoms with Crippen molar-refractivity contribution in [1.82, 2.24) is 0 Å². The Hall–Kier alpha value is -2.75. The molecule has 6 rings (SSSR count). The third kappa shape index (κ3) is 5.42. The minimum atomic E-state index is -1.10. The Morgan fingerprint density at radius 2 is 1.82 bits per heavy atom. The number of fused-ring (bicyclic) bond motifs is 6. The molecule has 4 aliphatic carbocycles. The highest BCUT2D eigenvalue weighted by atomic mass is 16.4. The van der Waals surface area contributed by atoms with Gasteiger partial charge in [-0.05, 0) is 122 Å². The zero-order chi connectivity index (χ0) is 32.4.